The lowest BCUT2D eigenvalue weighted by Gasteiger charge is -2.59. The van der Waals surface area contributed by atoms with Crippen molar-refractivity contribution in [2.75, 3.05) is 5.01 Å². The number of carbonyl (C=O) groups excluding carboxylic acids is 3. The van der Waals surface area contributed by atoms with Crippen molar-refractivity contribution in [3.63, 3.8) is 0 Å². The van der Waals surface area contributed by atoms with E-state index >= 15 is 0 Å². The Bertz CT molecular complexity index is 1500. The Morgan fingerprint density at radius 2 is 1.50 bits per heavy atom. The number of hydrogen-bond acceptors (Lipinski definition) is 15. The van der Waals surface area contributed by atoms with Crippen LogP contribution in [0.4, 0.5) is 10.2 Å². The molecule has 4 rings (SSSR count). The zero-order chi connectivity index (χ0) is 33.8. The van der Waals surface area contributed by atoms with Crippen molar-refractivity contribution in [1.82, 2.24) is 19.8 Å². The van der Waals surface area contributed by atoms with Gasteiger partial charge in [-0.25, -0.2) is 25.0 Å². The van der Waals surface area contributed by atoms with Crippen LogP contribution in [-0.4, -0.2) is 102 Å². The predicted octanol–water partition coefficient (Wildman–Crippen LogP) is -2.80. The Kier molecular flexibility index (Phi) is 10.5. The maximum Gasteiger partial charge on any atom is 0.333 e. The monoisotopic (exact) mass is 625 g/mol. The number of hydrogen-bond donors (Lipinski definition) is 11. The number of ketones is 1. The lowest BCUT2D eigenvalue weighted by molar-refractivity contribution is -0.587. The molecule has 0 unspecified atom stereocenters. The summed E-state index contributed by atoms with van der Waals surface area (Å²) in [4.78, 5) is 39.5. The van der Waals surface area contributed by atoms with E-state index in [0.29, 0.717) is 5.52 Å². The number of aromatic amines is 1. The molecule has 1 aliphatic rings. The number of amides is 2. The van der Waals surface area contributed by atoms with Crippen molar-refractivity contribution >= 4 is 34.8 Å². The predicted molar refractivity (Wildman–Crippen MR) is 147 cm³/mol. The molecule has 13 N–H and O–H groups in total. The number of nitrogens with zero attached hydrogens (tertiary/aromatic N) is 4. The van der Waals surface area contributed by atoms with Crippen LogP contribution in [0, 0.1) is 5.82 Å². The Morgan fingerprint density at radius 1 is 0.977 bits per heavy atom. The molecule has 0 radical (unpaired) electrons. The van der Waals surface area contributed by atoms with E-state index in [2.05, 4.69) is 9.97 Å². The molecule has 0 spiro atoms. The van der Waals surface area contributed by atoms with Gasteiger partial charge in [-0.15, -0.1) is 0 Å². The van der Waals surface area contributed by atoms with E-state index in [0.717, 1.165) is 23.3 Å². The molecule has 19 heteroatoms. The van der Waals surface area contributed by atoms with Gasteiger partial charge < -0.3 is 51.6 Å². The van der Waals surface area contributed by atoms with Crippen LogP contribution in [0.3, 0.4) is 0 Å². The molecule has 0 atom stereocenters. The fourth-order valence-corrected chi connectivity index (χ4v) is 3.93. The molecular weight excluding hydrogens is 593 g/mol. The number of pyridine rings is 1. The minimum Gasteiger partial charge on any atom is -0.403 e. The Balaban J connectivity index is 0.000000301. The van der Waals surface area contributed by atoms with Gasteiger partial charge in [-0.1, -0.05) is 32.0 Å². The smallest absolute Gasteiger partial charge is 0.333 e. The molecule has 0 saturated carbocycles. The second-order valence-electron chi connectivity index (χ2n) is 8.71. The van der Waals surface area contributed by atoms with Crippen LogP contribution in [0.2, 0.25) is 0 Å². The van der Waals surface area contributed by atoms with E-state index in [-0.39, 0.29) is 22.6 Å². The lowest BCUT2D eigenvalue weighted by Crippen LogP contribution is -2.90. The molecule has 240 valence electrons. The number of aliphatic hydroxyl groups is 8. The van der Waals surface area contributed by atoms with Crippen molar-refractivity contribution in [3.05, 3.63) is 72.1 Å². The maximum atomic E-state index is 13.7. The molecule has 0 aliphatic carbocycles. The van der Waals surface area contributed by atoms with Gasteiger partial charge in [0.05, 0.1) is 17.1 Å². The Labute approximate surface area is 247 Å². The normalized spacial score (nSPS) is 17.7. The van der Waals surface area contributed by atoms with Crippen LogP contribution in [0.25, 0.3) is 10.9 Å². The number of H-pyrrole nitrogens is 1. The summed E-state index contributed by atoms with van der Waals surface area (Å²) in [6, 6.07) is 6.22. The number of piperazine rings is 1. The summed E-state index contributed by atoms with van der Waals surface area (Å²) < 4.78 is 13.7. The summed E-state index contributed by atoms with van der Waals surface area (Å²) in [7, 11) is 0. The van der Waals surface area contributed by atoms with Crippen molar-refractivity contribution < 1.29 is 59.6 Å². The SMILES string of the molecule is CC.CC(=O)c1c[nH]c2c(N(N)/C=C\N)ncc(F)c12.O=CN1C(O)(O)C(O)(O)N(C(=O)c2ccccc2)C(O)(O)C1(O)O. The number of anilines is 1. The van der Waals surface area contributed by atoms with Crippen molar-refractivity contribution in [2.24, 2.45) is 11.6 Å². The summed E-state index contributed by atoms with van der Waals surface area (Å²) in [5.74, 6) is -13.4. The molecule has 3 heterocycles. The quantitative estimate of drug-likeness (QED) is 0.0448. The summed E-state index contributed by atoms with van der Waals surface area (Å²) in [6.07, 6.45) is 4.33. The van der Waals surface area contributed by atoms with E-state index in [9.17, 15) is 59.6 Å². The van der Waals surface area contributed by atoms with Gasteiger partial charge in [0.1, 0.15) is 0 Å². The fourth-order valence-electron chi connectivity index (χ4n) is 3.93. The highest BCUT2D eigenvalue weighted by atomic mass is 19.1. The Morgan fingerprint density at radius 3 is 1.95 bits per heavy atom. The molecule has 3 aromatic rings. The standard InChI is InChI=1S/C12H14N2O10.C11H12FN5O.C2H6/c15-6-13-9(17,18)11(21,22)14(12(23,24)10(13,19)20)8(16)7-4-2-1-3-5-7;1-6(18)7-4-15-10-9(7)8(12)5-16-11(10)17(14)3-2-13;1-2/h1-6,17-24H;2-5,15H,13-14H2,1H3;1-2H3/b;3-2-;. The van der Waals surface area contributed by atoms with Gasteiger partial charge in [0, 0.05) is 29.7 Å². The van der Waals surface area contributed by atoms with E-state index in [1.807, 2.05) is 13.8 Å². The first-order valence-electron chi connectivity index (χ1n) is 12.4. The molecule has 1 fully saturated rings. The first kappa shape index (κ1) is 35.6. The van der Waals surface area contributed by atoms with Crippen LogP contribution in [0.1, 0.15) is 41.5 Å². The molecule has 2 amide bonds. The van der Waals surface area contributed by atoms with Crippen LogP contribution < -0.4 is 16.6 Å². The van der Waals surface area contributed by atoms with Gasteiger partial charge in [0.2, 0.25) is 6.41 Å². The second kappa shape index (κ2) is 13.0. The number of halogens is 1. The largest absolute Gasteiger partial charge is 0.403 e. The molecule has 0 bridgehead atoms. The van der Waals surface area contributed by atoms with E-state index in [4.69, 9.17) is 11.6 Å². The van der Waals surface area contributed by atoms with Gasteiger partial charge >= 0.3 is 23.6 Å². The van der Waals surface area contributed by atoms with Crippen LogP contribution in [0.5, 0.6) is 0 Å². The first-order chi connectivity index (χ1) is 20.4. The van der Waals surface area contributed by atoms with E-state index in [1.165, 1.54) is 43.7 Å². The highest BCUT2D eigenvalue weighted by Gasteiger charge is 2.78. The molecular formula is C25H32FN7O11. The number of hydrazine groups is 1. The molecule has 44 heavy (non-hydrogen) atoms. The van der Waals surface area contributed by atoms with Gasteiger partial charge in [0.15, 0.2) is 17.4 Å². The fraction of sp³-hybridized carbons (Fsp3) is 0.280. The minimum atomic E-state index is -4.25. The highest BCUT2D eigenvalue weighted by Crippen LogP contribution is 2.43. The summed E-state index contributed by atoms with van der Waals surface area (Å²) in [5, 5.41) is 79.7. The number of fused-ring (bicyclic) bond motifs is 1. The number of rotatable bonds is 5. The minimum absolute atomic E-state index is 0.174. The molecule has 18 nitrogen and oxygen atoms in total. The topological polar surface area (TPSA) is 303 Å². The summed E-state index contributed by atoms with van der Waals surface area (Å²) in [6.45, 7) is 5.36. The second-order valence-corrected chi connectivity index (χ2v) is 8.71. The van der Waals surface area contributed by atoms with Gasteiger partial charge in [-0.3, -0.25) is 19.4 Å². The number of benzene rings is 1. The van der Waals surface area contributed by atoms with Gasteiger partial charge in [0.25, 0.3) is 5.91 Å². The molecule has 1 aromatic carbocycles. The highest BCUT2D eigenvalue weighted by molar-refractivity contribution is 6.09. The van der Waals surface area contributed by atoms with Crippen LogP contribution in [0.15, 0.2) is 55.1 Å². The average molecular weight is 626 g/mol. The number of nitrogens with one attached hydrogen (secondary N) is 1. The van der Waals surface area contributed by atoms with Crippen molar-refractivity contribution in [2.45, 2.75) is 44.4 Å². The van der Waals surface area contributed by atoms with Gasteiger partial charge in [-0.2, -0.15) is 0 Å². The van der Waals surface area contributed by atoms with Crippen LogP contribution in [-0.2, 0) is 4.79 Å². The van der Waals surface area contributed by atoms with Gasteiger partial charge in [-0.05, 0) is 19.1 Å². The Hall–Kier alpha value is -4.57. The number of carbonyl (C=O) groups is 3. The first-order valence-corrected chi connectivity index (χ1v) is 12.4. The number of Topliss-reactive ketones (excluding diaryl/α,β-unsaturated/α-hetero) is 1. The van der Waals surface area contributed by atoms with E-state index in [1.54, 1.807) is 0 Å². The molecule has 2 aromatic heterocycles. The molecule has 1 aliphatic heterocycles. The lowest BCUT2D eigenvalue weighted by atomic mass is 10.0. The molecule has 1 saturated heterocycles. The average Bonchev–Trinajstić information content (AvgIpc) is 3.41. The zero-order valence-corrected chi connectivity index (χ0v) is 23.4. The third kappa shape index (κ3) is 5.81. The summed E-state index contributed by atoms with van der Waals surface area (Å²) in [5.41, 5.74) is 5.42. The maximum absolute atomic E-state index is 13.7. The number of aromatic nitrogens is 2. The van der Waals surface area contributed by atoms with Crippen molar-refractivity contribution in [1.29, 1.82) is 0 Å². The third-order valence-electron chi connectivity index (χ3n) is 6.04. The third-order valence-corrected chi connectivity index (χ3v) is 6.04. The van der Waals surface area contributed by atoms with Crippen LogP contribution >= 0.6 is 0 Å². The van der Waals surface area contributed by atoms with E-state index < -0.39 is 57.1 Å². The number of nitrogens with two attached hydrogens (primary N) is 2. The summed E-state index contributed by atoms with van der Waals surface area (Å²) >= 11 is 0. The zero-order valence-electron chi connectivity index (χ0n) is 23.4. The van der Waals surface area contributed by atoms with Crippen molar-refractivity contribution in [3.8, 4) is 0 Å².